The number of rotatable bonds is 7. The third-order valence-corrected chi connectivity index (χ3v) is 4.33. The molecule has 2 rings (SSSR count). The summed E-state index contributed by atoms with van der Waals surface area (Å²) in [6, 6.07) is 8.26. The van der Waals surface area contributed by atoms with Crippen LogP contribution in [0.4, 0.5) is 20.2 Å². The van der Waals surface area contributed by atoms with Crippen molar-refractivity contribution in [1.29, 1.82) is 0 Å². The average Bonchev–Trinajstić information content (AvgIpc) is 2.62. The second-order valence-electron chi connectivity index (χ2n) is 5.29. The van der Waals surface area contributed by atoms with Crippen LogP contribution in [0.3, 0.4) is 0 Å². The van der Waals surface area contributed by atoms with Gasteiger partial charge in [0.2, 0.25) is 0 Å². The van der Waals surface area contributed by atoms with Gasteiger partial charge in [-0.15, -0.1) is 11.8 Å². The molecule has 0 spiro atoms. The highest BCUT2D eigenvalue weighted by Crippen LogP contribution is 2.26. The van der Waals surface area contributed by atoms with Gasteiger partial charge in [0, 0.05) is 23.1 Å². The van der Waals surface area contributed by atoms with Gasteiger partial charge in [-0.3, -0.25) is 19.7 Å². The van der Waals surface area contributed by atoms with E-state index in [1.165, 1.54) is 24.3 Å². The molecule has 0 aromatic heterocycles. The maximum Gasteiger partial charge on any atom is 0.319 e. The van der Waals surface area contributed by atoms with Gasteiger partial charge in [-0.25, -0.2) is 8.78 Å². The average molecular weight is 396 g/mol. The molecule has 0 fully saturated rings. The molecule has 0 heterocycles. The van der Waals surface area contributed by atoms with Gasteiger partial charge in [-0.1, -0.05) is 0 Å². The van der Waals surface area contributed by atoms with Crippen LogP contribution >= 0.6 is 11.8 Å². The number of amides is 1. The van der Waals surface area contributed by atoms with Crippen molar-refractivity contribution >= 4 is 35.0 Å². The lowest BCUT2D eigenvalue weighted by Crippen LogP contribution is -2.25. The first-order chi connectivity index (χ1) is 12.8. The fourth-order valence-corrected chi connectivity index (χ4v) is 2.80. The highest BCUT2D eigenvalue weighted by molar-refractivity contribution is 8.00. The molecule has 7 nitrogen and oxygen atoms in total. The number of carbonyl (C=O) groups is 2. The van der Waals surface area contributed by atoms with E-state index < -0.39 is 40.3 Å². The lowest BCUT2D eigenvalue weighted by molar-refractivity contribution is -0.384. The Morgan fingerprint density at radius 2 is 1.89 bits per heavy atom. The van der Waals surface area contributed by atoms with Gasteiger partial charge in [0.05, 0.1) is 10.6 Å². The lowest BCUT2D eigenvalue weighted by atomic mass is 10.3. The molecule has 0 radical (unpaired) electrons. The lowest BCUT2D eigenvalue weighted by Gasteiger charge is -2.11. The number of non-ortho nitro benzene ring substituents is 1. The molecule has 0 aliphatic carbocycles. The quantitative estimate of drug-likeness (QED) is 0.333. The number of esters is 1. The van der Waals surface area contributed by atoms with Gasteiger partial charge in [0.1, 0.15) is 16.9 Å². The normalized spacial score (nSPS) is 11.5. The zero-order chi connectivity index (χ0) is 20.0. The number of thioether (sulfide) groups is 1. The third kappa shape index (κ3) is 6.03. The highest BCUT2D eigenvalue weighted by Gasteiger charge is 2.18. The van der Waals surface area contributed by atoms with E-state index in [1.807, 2.05) is 0 Å². The van der Waals surface area contributed by atoms with Gasteiger partial charge in [0.15, 0.2) is 6.61 Å². The van der Waals surface area contributed by atoms with Crippen LogP contribution < -0.4 is 5.32 Å². The number of benzene rings is 2. The molecule has 0 aliphatic heterocycles. The molecule has 1 atom stereocenters. The second kappa shape index (κ2) is 9.08. The van der Waals surface area contributed by atoms with E-state index in [1.54, 1.807) is 6.92 Å². The zero-order valence-electron chi connectivity index (χ0n) is 14.0. The van der Waals surface area contributed by atoms with Crippen molar-refractivity contribution < 1.29 is 28.0 Å². The Labute approximate surface area is 156 Å². The van der Waals surface area contributed by atoms with Crippen molar-refractivity contribution in [3.63, 3.8) is 0 Å². The maximum absolute atomic E-state index is 13.5. The number of anilines is 1. The molecule has 0 saturated carbocycles. The molecular formula is C17H14F2N2O5S. The van der Waals surface area contributed by atoms with Crippen LogP contribution in [0.15, 0.2) is 47.4 Å². The van der Waals surface area contributed by atoms with Crippen molar-refractivity contribution in [3.8, 4) is 0 Å². The number of nitro groups is 1. The molecule has 2 aromatic rings. The summed E-state index contributed by atoms with van der Waals surface area (Å²) >= 11 is 1.10. The minimum atomic E-state index is -0.947. The van der Waals surface area contributed by atoms with Crippen LogP contribution in [0.25, 0.3) is 0 Å². The Hall–Kier alpha value is -3.01. The molecule has 10 heteroatoms. The Kier molecular flexibility index (Phi) is 6.83. The van der Waals surface area contributed by atoms with Gasteiger partial charge >= 0.3 is 5.97 Å². The topological polar surface area (TPSA) is 98.5 Å². The Balaban J connectivity index is 1.83. The predicted octanol–water partition coefficient (Wildman–Crippen LogP) is 3.54. The van der Waals surface area contributed by atoms with E-state index in [-0.39, 0.29) is 11.4 Å². The Morgan fingerprint density at radius 1 is 1.22 bits per heavy atom. The summed E-state index contributed by atoms with van der Waals surface area (Å²) < 4.78 is 31.1. The molecule has 2 aromatic carbocycles. The zero-order valence-corrected chi connectivity index (χ0v) is 14.8. The number of ether oxygens (including phenoxy) is 1. The van der Waals surface area contributed by atoms with Gasteiger partial charge in [-0.05, 0) is 31.2 Å². The van der Waals surface area contributed by atoms with Crippen LogP contribution in [0.1, 0.15) is 6.92 Å². The second-order valence-corrected chi connectivity index (χ2v) is 6.71. The monoisotopic (exact) mass is 396 g/mol. The summed E-state index contributed by atoms with van der Waals surface area (Å²) in [5, 5.41) is 12.1. The van der Waals surface area contributed by atoms with E-state index >= 15 is 0 Å². The Bertz CT molecular complexity index is 861. The number of hydrogen-bond donors (Lipinski definition) is 1. The largest absolute Gasteiger partial charge is 0.455 e. The van der Waals surface area contributed by atoms with E-state index in [0.717, 1.165) is 23.9 Å². The first kappa shape index (κ1) is 20.3. The predicted molar refractivity (Wildman–Crippen MR) is 94.4 cm³/mol. The molecule has 1 amide bonds. The molecule has 0 bridgehead atoms. The summed E-state index contributed by atoms with van der Waals surface area (Å²) in [7, 11) is 0. The molecule has 1 N–H and O–H groups in total. The van der Waals surface area contributed by atoms with Crippen molar-refractivity contribution in [3.05, 3.63) is 64.2 Å². The summed E-state index contributed by atoms with van der Waals surface area (Å²) in [5.41, 5.74) is -0.301. The fourth-order valence-electron chi connectivity index (χ4n) is 1.93. The van der Waals surface area contributed by atoms with Gasteiger partial charge in [0.25, 0.3) is 11.6 Å². The highest BCUT2D eigenvalue weighted by atomic mass is 32.2. The molecule has 0 aliphatic rings. The summed E-state index contributed by atoms with van der Waals surface area (Å²) in [5.74, 6) is -3.19. The smallest absolute Gasteiger partial charge is 0.319 e. The van der Waals surface area contributed by atoms with Crippen molar-refractivity contribution in [2.24, 2.45) is 0 Å². The molecule has 0 unspecified atom stereocenters. The number of carbonyl (C=O) groups excluding carboxylic acids is 2. The van der Waals surface area contributed by atoms with Crippen molar-refractivity contribution in [2.45, 2.75) is 17.1 Å². The van der Waals surface area contributed by atoms with E-state index in [9.17, 15) is 28.5 Å². The molecule has 142 valence electrons. The van der Waals surface area contributed by atoms with E-state index in [0.29, 0.717) is 11.0 Å². The fraction of sp³-hybridized carbons (Fsp3) is 0.176. The molecular weight excluding hydrogens is 382 g/mol. The standard InChI is InChI=1S/C17H14F2N2O5S/c1-10(27-13-5-3-12(4-6-13)21(24)25)17(23)26-9-16(22)20-15-7-2-11(18)8-14(15)19/h2-8,10H,9H2,1H3,(H,20,22)/t10-/m1/s1. The first-order valence-corrected chi connectivity index (χ1v) is 8.47. The number of hydrogen-bond acceptors (Lipinski definition) is 6. The van der Waals surface area contributed by atoms with Crippen LogP contribution in [0.5, 0.6) is 0 Å². The molecule has 27 heavy (non-hydrogen) atoms. The maximum atomic E-state index is 13.5. The number of nitrogens with one attached hydrogen (secondary N) is 1. The van der Waals surface area contributed by atoms with Crippen LogP contribution in [0, 0.1) is 21.7 Å². The van der Waals surface area contributed by atoms with Crippen LogP contribution in [-0.2, 0) is 14.3 Å². The van der Waals surface area contributed by atoms with E-state index in [4.69, 9.17) is 4.74 Å². The van der Waals surface area contributed by atoms with Gasteiger partial charge in [-0.2, -0.15) is 0 Å². The minimum Gasteiger partial charge on any atom is -0.455 e. The SMILES string of the molecule is C[C@@H](Sc1ccc([N+](=O)[O-])cc1)C(=O)OCC(=O)Nc1ccc(F)cc1F. The Morgan fingerprint density at radius 3 is 2.48 bits per heavy atom. The number of nitrogens with zero attached hydrogens (tertiary/aromatic N) is 1. The summed E-state index contributed by atoms with van der Waals surface area (Å²) in [4.78, 5) is 34.3. The molecule has 0 saturated heterocycles. The van der Waals surface area contributed by atoms with Crippen molar-refractivity contribution in [1.82, 2.24) is 0 Å². The number of halogens is 2. The van der Waals surface area contributed by atoms with E-state index in [2.05, 4.69) is 5.32 Å². The minimum absolute atomic E-state index is 0.0701. The van der Waals surface area contributed by atoms with Crippen molar-refractivity contribution in [2.75, 3.05) is 11.9 Å². The van der Waals surface area contributed by atoms with Crippen LogP contribution in [-0.4, -0.2) is 28.7 Å². The third-order valence-electron chi connectivity index (χ3n) is 3.24. The van der Waals surface area contributed by atoms with Crippen LogP contribution in [0.2, 0.25) is 0 Å². The van der Waals surface area contributed by atoms with Gasteiger partial charge < -0.3 is 10.1 Å². The summed E-state index contributed by atoms with van der Waals surface area (Å²) in [6.07, 6.45) is 0. The number of nitro benzene ring substituents is 1. The summed E-state index contributed by atoms with van der Waals surface area (Å²) in [6.45, 7) is 0.909. The first-order valence-electron chi connectivity index (χ1n) is 7.59.